The number of nitrogens with two attached hydrogens (primary N) is 1. The quantitative estimate of drug-likeness (QED) is 0.813. The van der Waals surface area contributed by atoms with E-state index in [0.717, 1.165) is 12.8 Å². The maximum atomic E-state index is 5.76. The topological polar surface area (TPSA) is 38.0 Å². The highest BCUT2D eigenvalue weighted by atomic mass is 32.1. The highest BCUT2D eigenvalue weighted by molar-refractivity contribution is 7.17. The van der Waals surface area contributed by atoms with Crippen LogP contribution in [0.1, 0.15) is 12.8 Å². The first-order valence-corrected chi connectivity index (χ1v) is 6.18. The number of benzene rings is 1. The molecule has 78 valence electrons. The number of nitrogens with one attached hydrogen (secondary N) is 1. The van der Waals surface area contributed by atoms with Gasteiger partial charge in [-0.3, -0.25) is 0 Å². The molecule has 0 amide bonds. The molecule has 1 saturated carbocycles. The van der Waals surface area contributed by atoms with Crippen molar-refractivity contribution in [2.75, 3.05) is 5.32 Å². The largest absolute Gasteiger partial charge is 0.382 e. The third-order valence-corrected chi connectivity index (χ3v) is 3.90. The van der Waals surface area contributed by atoms with Gasteiger partial charge in [0.05, 0.1) is 0 Å². The Morgan fingerprint density at radius 1 is 1.27 bits per heavy atom. The molecule has 0 saturated heterocycles. The van der Waals surface area contributed by atoms with Crippen LogP contribution in [0.25, 0.3) is 10.1 Å². The molecule has 15 heavy (non-hydrogen) atoms. The SMILES string of the molecule is NC1CC(Nc2ccc3sccc3c2)C1. The number of rotatable bonds is 2. The summed E-state index contributed by atoms with van der Waals surface area (Å²) < 4.78 is 1.35. The molecule has 2 aromatic rings. The first-order valence-electron chi connectivity index (χ1n) is 5.30. The van der Waals surface area contributed by atoms with E-state index in [-0.39, 0.29) is 0 Å². The number of hydrogen-bond acceptors (Lipinski definition) is 3. The molecule has 1 fully saturated rings. The maximum absolute atomic E-state index is 5.76. The minimum absolute atomic E-state index is 0.410. The van der Waals surface area contributed by atoms with Gasteiger partial charge < -0.3 is 11.1 Å². The van der Waals surface area contributed by atoms with Crippen LogP contribution < -0.4 is 11.1 Å². The number of thiophene rings is 1. The zero-order chi connectivity index (χ0) is 10.3. The smallest absolute Gasteiger partial charge is 0.0349 e. The molecule has 0 spiro atoms. The third kappa shape index (κ3) is 1.73. The fourth-order valence-electron chi connectivity index (χ4n) is 2.07. The average Bonchev–Trinajstić information content (AvgIpc) is 2.62. The van der Waals surface area contributed by atoms with Crippen molar-refractivity contribution in [3.8, 4) is 0 Å². The average molecular weight is 218 g/mol. The summed E-state index contributed by atoms with van der Waals surface area (Å²) in [5, 5.41) is 6.98. The summed E-state index contributed by atoms with van der Waals surface area (Å²) in [5.41, 5.74) is 6.98. The molecule has 1 aliphatic rings. The van der Waals surface area contributed by atoms with E-state index < -0.39 is 0 Å². The van der Waals surface area contributed by atoms with Gasteiger partial charge in [-0.25, -0.2) is 0 Å². The van der Waals surface area contributed by atoms with E-state index in [2.05, 4.69) is 35.0 Å². The van der Waals surface area contributed by atoms with E-state index in [9.17, 15) is 0 Å². The summed E-state index contributed by atoms with van der Waals surface area (Å²) in [6.07, 6.45) is 2.20. The van der Waals surface area contributed by atoms with Crippen molar-refractivity contribution in [3.63, 3.8) is 0 Å². The summed E-state index contributed by atoms with van der Waals surface area (Å²) in [6.45, 7) is 0. The van der Waals surface area contributed by atoms with Gasteiger partial charge in [-0.05, 0) is 47.9 Å². The lowest BCUT2D eigenvalue weighted by atomic mass is 9.87. The molecule has 3 rings (SSSR count). The molecule has 2 nitrogen and oxygen atoms in total. The first-order chi connectivity index (χ1) is 7.31. The Morgan fingerprint density at radius 3 is 2.93 bits per heavy atom. The molecule has 1 aromatic heterocycles. The second-order valence-electron chi connectivity index (χ2n) is 4.25. The zero-order valence-electron chi connectivity index (χ0n) is 8.44. The van der Waals surface area contributed by atoms with Crippen LogP contribution in [0.4, 0.5) is 5.69 Å². The molecule has 3 heteroatoms. The van der Waals surface area contributed by atoms with Crippen LogP contribution in [0, 0.1) is 0 Å². The Hall–Kier alpha value is -1.06. The van der Waals surface area contributed by atoms with Crippen LogP contribution in [0.2, 0.25) is 0 Å². The van der Waals surface area contributed by atoms with Crippen molar-refractivity contribution in [1.29, 1.82) is 0 Å². The summed E-state index contributed by atoms with van der Waals surface area (Å²) in [7, 11) is 0. The van der Waals surface area contributed by atoms with Crippen LogP contribution in [0.15, 0.2) is 29.6 Å². The summed E-state index contributed by atoms with van der Waals surface area (Å²) in [5.74, 6) is 0. The molecule has 0 radical (unpaired) electrons. The molecular weight excluding hydrogens is 204 g/mol. The molecule has 0 aliphatic heterocycles. The molecule has 0 atom stereocenters. The molecule has 1 heterocycles. The van der Waals surface area contributed by atoms with Crippen molar-refractivity contribution in [1.82, 2.24) is 0 Å². The molecule has 1 aliphatic carbocycles. The summed E-state index contributed by atoms with van der Waals surface area (Å²) in [4.78, 5) is 0. The fourth-order valence-corrected chi connectivity index (χ4v) is 2.84. The predicted octanol–water partition coefficient (Wildman–Crippen LogP) is 2.80. The second-order valence-corrected chi connectivity index (χ2v) is 5.19. The van der Waals surface area contributed by atoms with E-state index in [4.69, 9.17) is 5.73 Å². The van der Waals surface area contributed by atoms with Crippen LogP contribution in [-0.2, 0) is 0 Å². The Balaban J connectivity index is 1.79. The fraction of sp³-hybridized carbons (Fsp3) is 0.333. The molecule has 1 aromatic carbocycles. The molecule has 0 bridgehead atoms. The highest BCUT2D eigenvalue weighted by Gasteiger charge is 2.25. The third-order valence-electron chi connectivity index (χ3n) is 3.00. The van der Waals surface area contributed by atoms with Gasteiger partial charge in [-0.1, -0.05) is 0 Å². The predicted molar refractivity (Wildman–Crippen MR) is 66.4 cm³/mol. The zero-order valence-corrected chi connectivity index (χ0v) is 9.26. The van der Waals surface area contributed by atoms with Crippen molar-refractivity contribution < 1.29 is 0 Å². The normalized spacial score (nSPS) is 25.1. The van der Waals surface area contributed by atoms with Crippen LogP contribution >= 0.6 is 11.3 Å². The minimum Gasteiger partial charge on any atom is -0.382 e. The second kappa shape index (κ2) is 3.51. The Bertz CT molecular complexity index is 471. The van der Waals surface area contributed by atoms with Gasteiger partial charge in [0.15, 0.2) is 0 Å². The van der Waals surface area contributed by atoms with E-state index in [1.807, 2.05) is 0 Å². The van der Waals surface area contributed by atoms with Gasteiger partial charge in [0.2, 0.25) is 0 Å². The van der Waals surface area contributed by atoms with E-state index >= 15 is 0 Å². The van der Waals surface area contributed by atoms with Gasteiger partial charge in [-0.15, -0.1) is 11.3 Å². The van der Waals surface area contributed by atoms with Gasteiger partial charge >= 0.3 is 0 Å². The standard InChI is InChI=1S/C12H14N2S/c13-9-6-11(7-9)14-10-1-2-12-8(5-10)3-4-15-12/h1-5,9,11,14H,6-7,13H2. The van der Waals surface area contributed by atoms with Crippen LogP contribution in [-0.4, -0.2) is 12.1 Å². The lowest BCUT2D eigenvalue weighted by Crippen LogP contribution is -2.44. The Labute approximate surface area is 93.1 Å². The maximum Gasteiger partial charge on any atom is 0.0349 e. The summed E-state index contributed by atoms with van der Waals surface area (Å²) >= 11 is 1.79. The van der Waals surface area contributed by atoms with Gasteiger partial charge in [0.1, 0.15) is 0 Å². The van der Waals surface area contributed by atoms with E-state index in [1.165, 1.54) is 15.8 Å². The molecule has 3 N–H and O–H groups in total. The monoisotopic (exact) mass is 218 g/mol. The number of hydrogen-bond donors (Lipinski definition) is 2. The first kappa shape index (κ1) is 9.19. The van der Waals surface area contributed by atoms with Crippen molar-refractivity contribution in [2.45, 2.75) is 24.9 Å². The number of anilines is 1. The van der Waals surface area contributed by atoms with Crippen molar-refractivity contribution >= 4 is 27.1 Å². The highest BCUT2D eigenvalue weighted by Crippen LogP contribution is 2.27. The Morgan fingerprint density at radius 2 is 2.13 bits per heavy atom. The van der Waals surface area contributed by atoms with Crippen LogP contribution in [0.3, 0.4) is 0 Å². The molecular formula is C12H14N2S. The van der Waals surface area contributed by atoms with Gasteiger partial charge in [0, 0.05) is 22.5 Å². The minimum atomic E-state index is 0.410. The van der Waals surface area contributed by atoms with Crippen molar-refractivity contribution in [2.24, 2.45) is 5.73 Å². The van der Waals surface area contributed by atoms with Crippen molar-refractivity contribution in [3.05, 3.63) is 29.6 Å². The lowest BCUT2D eigenvalue weighted by Gasteiger charge is -2.33. The molecule has 0 unspecified atom stereocenters. The van der Waals surface area contributed by atoms with Gasteiger partial charge in [-0.2, -0.15) is 0 Å². The summed E-state index contributed by atoms with van der Waals surface area (Å²) in [6, 6.07) is 9.71. The lowest BCUT2D eigenvalue weighted by molar-refractivity contribution is 0.374. The van der Waals surface area contributed by atoms with E-state index in [1.54, 1.807) is 11.3 Å². The van der Waals surface area contributed by atoms with Gasteiger partial charge in [0.25, 0.3) is 0 Å². The van der Waals surface area contributed by atoms with E-state index in [0.29, 0.717) is 12.1 Å². The number of fused-ring (bicyclic) bond motifs is 1. The van der Waals surface area contributed by atoms with Crippen LogP contribution in [0.5, 0.6) is 0 Å². The Kier molecular flexibility index (Phi) is 2.15.